The summed E-state index contributed by atoms with van der Waals surface area (Å²) in [6, 6.07) is 9.08. The molecule has 0 aliphatic carbocycles. The van der Waals surface area contributed by atoms with Crippen LogP contribution in [0.4, 0.5) is 0 Å². The van der Waals surface area contributed by atoms with Crippen molar-refractivity contribution < 1.29 is 4.74 Å². The zero-order valence-electron chi connectivity index (χ0n) is 9.75. The smallest absolute Gasteiger partial charge is 0.171 e. The Kier molecular flexibility index (Phi) is 3.40. The van der Waals surface area contributed by atoms with E-state index in [0.717, 1.165) is 17.2 Å². The van der Waals surface area contributed by atoms with E-state index in [1.807, 2.05) is 28.8 Å². The van der Waals surface area contributed by atoms with E-state index in [4.69, 9.17) is 16.3 Å². The van der Waals surface area contributed by atoms with E-state index in [-0.39, 0.29) is 0 Å². The van der Waals surface area contributed by atoms with Gasteiger partial charge in [-0.3, -0.25) is 4.40 Å². The number of rotatable bonds is 3. The van der Waals surface area contributed by atoms with Crippen molar-refractivity contribution in [2.24, 2.45) is 0 Å². The molecule has 0 saturated carbocycles. The monoisotopic (exact) mass is 337 g/mol. The number of fused-ring (bicyclic) bond motifs is 1. The maximum absolute atomic E-state index is 5.82. The summed E-state index contributed by atoms with van der Waals surface area (Å²) in [6.07, 6.45) is 3.63. The molecule has 0 amide bonds. The highest BCUT2D eigenvalue weighted by atomic mass is 79.9. The minimum atomic E-state index is 0.361. The van der Waals surface area contributed by atoms with Gasteiger partial charge in [0.1, 0.15) is 12.4 Å². The van der Waals surface area contributed by atoms with Gasteiger partial charge in [-0.2, -0.15) is 0 Å². The largest absolute Gasteiger partial charge is 0.486 e. The predicted molar refractivity (Wildman–Crippen MR) is 76.5 cm³/mol. The fourth-order valence-electron chi connectivity index (χ4n) is 1.73. The number of hydrogen-bond acceptors (Lipinski definition) is 3. The molecule has 96 valence electrons. The van der Waals surface area contributed by atoms with Crippen LogP contribution in [0.5, 0.6) is 5.75 Å². The Labute approximate surface area is 123 Å². The molecule has 0 radical (unpaired) electrons. The predicted octanol–water partition coefficient (Wildman–Crippen LogP) is 3.72. The highest BCUT2D eigenvalue weighted by Crippen LogP contribution is 2.19. The Morgan fingerprint density at radius 3 is 2.84 bits per heavy atom. The number of benzene rings is 1. The lowest BCUT2D eigenvalue weighted by molar-refractivity contribution is 0.295. The zero-order chi connectivity index (χ0) is 13.2. The fraction of sp³-hybridized carbons (Fsp3) is 0.0769. The van der Waals surface area contributed by atoms with Crippen molar-refractivity contribution in [3.05, 3.63) is 58.2 Å². The molecule has 3 rings (SSSR count). The van der Waals surface area contributed by atoms with Crippen molar-refractivity contribution in [2.75, 3.05) is 0 Å². The molecule has 0 aliphatic rings. The molecule has 0 bridgehead atoms. The molecule has 0 atom stereocenters. The lowest BCUT2D eigenvalue weighted by atomic mass is 10.3. The van der Waals surface area contributed by atoms with Gasteiger partial charge in [0.2, 0.25) is 0 Å². The summed E-state index contributed by atoms with van der Waals surface area (Å²) in [7, 11) is 0. The highest BCUT2D eigenvalue weighted by molar-refractivity contribution is 9.10. The van der Waals surface area contributed by atoms with Crippen LogP contribution in [0.3, 0.4) is 0 Å². The lowest BCUT2D eigenvalue weighted by Crippen LogP contribution is -2.01. The fourth-order valence-corrected chi connectivity index (χ4v) is 2.35. The lowest BCUT2D eigenvalue weighted by Gasteiger charge is -2.05. The van der Waals surface area contributed by atoms with Gasteiger partial charge >= 0.3 is 0 Å². The van der Waals surface area contributed by atoms with Gasteiger partial charge in [-0.05, 0) is 46.3 Å². The normalized spacial score (nSPS) is 10.8. The zero-order valence-corrected chi connectivity index (χ0v) is 12.1. The van der Waals surface area contributed by atoms with Crippen LogP contribution in [0, 0.1) is 0 Å². The molecule has 6 heteroatoms. The minimum Gasteiger partial charge on any atom is -0.486 e. The molecule has 0 saturated heterocycles. The summed E-state index contributed by atoms with van der Waals surface area (Å²) in [6.45, 7) is 0.361. The number of nitrogens with zero attached hydrogens (tertiary/aromatic N) is 3. The van der Waals surface area contributed by atoms with Crippen LogP contribution in [0.15, 0.2) is 47.3 Å². The van der Waals surface area contributed by atoms with E-state index in [1.165, 1.54) is 0 Å². The van der Waals surface area contributed by atoms with Crippen LogP contribution in [-0.2, 0) is 6.61 Å². The van der Waals surface area contributed by atoms with E-state index < -0.39 is 0 Å². The Bertz CT molecular complexity index is 711. The molecular weight excluding hydrogens is 330 g/mol. The van der Waals surface area contributed by atoms with Gasteiger partial charge in [0, 0.05) is 17.4 Å². The molecule has 0 spiro atoms. The molecule has 4 nitrogen and oxygen atoms in total. The summed E-state index contributed by atoms with van der Waals surface area (Å²) in [5.74, 6) is 1.53. The van der Waals surface area contributed by atoms with Crippen LogP contribution in [-0.4, -0.2) is 14.4 Å². The third-order valence-corrected chi connectivity index (χ3v) is 3.40. The van der Waals surface area contributed by atoms with Crippen LogP contribution in [0.25, 0.3) is 5.65 Å². The number of imidazole rings is 1. The van der Waals surface area contributed by atoms with Gasteiger partial charge in [0.25, 0.3) is 0 Å². The maximum Gasteiger partial charge on any atom is 0.171 e. The number of ether oxygens (including phenoxy) is 1. The third-order valence-electron chi connectivity index (χ3n) is 2.62. The Hall–Kier alpha value is -1.59. The van der Waals surface area contributed by atoms with Crippen LogP contribution >= 0.6 is 27.5 Å². The van der Waals surface area contributed by atoms with Crippen molar-refractivity contribution in [1.82, 2.24) is 14.4 Å². The van der Waals surface area contributed by atoms with Crippen molar-refractivity contribution in [1.29, 1.82) is 0 Å². The summed E-state index contributed by atoms with van der Waals surface area (Å²) in [5.41, 5.74) is 0.775. The van der Waals surface area contributed by atoms with Gasteiger partial charge < -0.3 is 4.74 Å². The van der Waals surface area contributed by atoms with Crippen molar-refractivity contribution in [3.63, 3.8) is 0 Å². The second-order valence-corrected chi connectivity index (χ2v) is 5.06. The van der Waals surface area contributed by atoms with Crippen molar-refractivity contribution in [2.45, 2.75) is 6.61 Å². The summed E-state index contributed by atoms with van der Waals surface area (Å²) in [5, 5.41) is 0.686. The van der Waals surface area contributed by atoms with Gasteiger partial charge in [0.05, 0.1) is 0 Å². The molecule has 0 N–H and O–H groups in total. The second kappa shape index (κ2) is 5.19. The average molecular weight is 339 g/mol. The molecule has 2 heterocycles. The Morgan fingerprint density at radius 2 is 2.05 bits per heavy atom. The van der Waals surface area contributed by atoms with Crippen LogP contribution < -0.4 is 4.74 Å². The minimum absolute atomic E-state index is 0.361. The Balaban J connectivity index is 1.84. The standard InChI is InChI=1S/C13H9BrClN3O/c14-12-13-16-6-1-7-18(13)11(17-12)8-19-10-4-2-9(15)3-5-10/h1-7H,8H2. The molecule has 0 unspecified atom stereocenters. The third kappa shape index (κ3) is 2.57. The number of hydrogen-bond donors (Lipinski definition) is 0. The molecule has 0 fully saturated rings. The second-order valence-electron chi connectivity index (χ2n) is 3.87. The van der Waals surface area contributed by atoms with Gasteiger partial charge in [-0.25, -0.2) is 9.97 Å². The first-order valence-electron chi connectivity index (χ1n) is 5.60. The van der Waals surface area contributed by atoms with Gasteiger partial charge in [-0.1, -0.05) is 11.6 Å². The topological polar surface area (TPSA) is 39.4 Å². The molecule has 19 heavy (non-hydrogen) atoms. The summed E-state index contributed by atoms with van der Waals surface area (Å²) >= 11 is 9.21. The summed E-state index contributed by atoms with van der Waals surface area (Å²) in [4.78, 5) is 8.64. The maximum atomic E-state index is 5.82. The first kappa shape index (κ1) is 12.4. The number of halogens is 2. The summed E-state index contributed by atoms with van der Waals surface area (Å²) < 4.78 is 8.28. The van der Waals surface area contributed by atoms with Crippen molar-refractivity contribution in [3.8, 4) is 5.75 Å². The molecule has 2 aromatic heterocycles. The molecular formula is C13H9BrClN3O. The first-order valence-corrected chi connectivity index (χ1v) is 6.77. The van der Waals surface area contributed by atoms with Crippen molar-refractivity contribution >= 4 is 33.2 Å². The van der Waals surface area contributed by atoms with Crippen LogP contribution in [0.1, 0.15) is 5.82 Å². The van der Waals surface area contributed by atoms with Crippen LogP contribution in [0.2, 0.25) is 5.02 Å². The first-order chi connectivity index (χ1) is 9.24. The van der Waals surface area contributed by atoms with E-state index in [0.29, 0.717) is 16.2 Å². The molecule has 3 aromatic rings. The van der Waals surface area contributed by atoms with E-state index in [9.17, 15) is 0 Å². The average Bonchev–Trinajstić information content (AvgIpc) is 2.76. The van der Waals surface area contributed by atoms with Gasteiger partial charge in [-0.15, -0.1) is 0 Å². The Morgan fingerprint density at radius 1 is 1.26 bits per heavy atom. The quantitative estimate of drug-likeness (QED) is 0.730. The molecule has 0 aliphatic heterocycles. The van der Waals surface area contributed by atoms with E-state index >= 15 is 0 Å². The highest BCUT2D eigenvalue weighted by Gasteiger charge is 2.09. The van der Waals surface area contributed by atoms with Gasteiger partial charge in [0.15, 0.2) is 16.1 Å². The van der Waals surface area contributed by atoms with E-state index in [1.54, 1.807) is 18.3 Å². The number of aromatic nitrogens is 3. The van der Waals surface area contributed by atoms with E-state index in [2.05, 4.69) is 25.9 Å². The molecule has 1 aromatic carbocycles. The SMILES string of the molecule is Clc1ccc(OCc2nc(Br)c3ncccn23)cc1.